The van der Waals surface area contributed by atoms with Gasteiger partial charge in [0.1, 0.15) is 23.7 Å². The van der Waals surface area contributed by atoms with Crippen LogP contribution in [0.15, 0.2) is 78.9 Å². The molecular formula is C25H24O6. The van der Waals surface area contributed by atoms with E-state index in [9.17, 15) is 9.59 Å². The summed E-state index contributed by atoms with van der Waals surface area (Å²) < 4.78 is 21.2. The van der Waals surface area contributed by atoms with E-state index in [4.69, 9.17) is 18.9 Å². The van der Waals surface area contributed by atoms with Gasteiger partial charge in [0, 0.05) is 13.5 Å². The summed E-state index contributed by atoms with van der Waals surface area (Å²) in [6, 6.07) is 23.1. The maximum atomic E-state index is 12.7. The van der Waals surface area contributed by atoms with Crippen LogP contribution in [0.3, 0.4) is 0 Å². The summed E-state index contributed by atoms with van der Waals surface area (Å²) in [5, 5.41) is 0. The van der Waals surface area contributed by atoms with E-state index < -0.39 is 11.9 Å². The lowest BCUT2D eigenvalue weighted by molar-refractivity contribution is 0.0388. The second kappa shape index (κ2) is 11.5. The molecule has 0 radical (unpaired) electrons. The molecule has 0 fully saturated rings. The molecular weight excluding hydrogens is 396 g/mol. The lowest BCUT2D eigenvalue weighted by Gasteiger charge is -2.11. The van der Waals surface area contributed by atoms with Crippen LogP contribution in [0.25, 0.3) is 0 Å². The lowest BCUT2D eigenvalue weighted by atomic mass is 10.1. The van der Waals surface area contributed by atoms with Crippen LogP contribution in [0.4, 0.5) is 0 Å². The Kier molecular flexibility index (Phi) is 8.20. The predicted octanol–water partition coefficient (Wildman–Crippen LogP) is 4.33. The SMILES string of the molecule is COCCOC(=O)c1ccc(OC(=O)c2ccccc2OCCc2ccccc2)cc1. The number of benzene rings is 3. The van der Waals surface area contributed by atoms with Crippen LogP contribution in [0, 0.1) is 0 Å². The van der Waals surface area contributed by atoms with Crippen molar-refractivity contribution in [1.82, 2.24) is 0 Å². The van der Waals surface area contributed by atoms with E-state index in [2.05, 4.69) is 0 Å². The largest absolute Gasteiger partial charge is 0.492 e. The van der Waals surface area contributed by atoms with Crippen molar-refractivity contribution in [1.29, 1.82) is 0 Å². The Bertz CT molecular complexity index is 982. The third-order valence-corrected chi connectivity index (χ3v) is 4.42. The summed E-state index contributed by atoms with van der Waals surface area (Å²) in [6.07, 6.45) is 0.728. The van der Waals surface area contributed by atoms with E-state index in [1.807, 2.05) is 30.3 Å². The van der Waals surface area contributed by atoms with Gasteiger partial charge in [-0.2, -0.15) is 0 Å². The van der Waals surface area contributed by atoms with Crippen LogP contribution >= 0.6 is 0 Å². The van der Waals surface area contributed by atoms with Gasteiger partial charge in [-0.15, -0.1) is 0 Å². The molecule has 0 N–H and O–H groups in total. The van der Waals surface area contributed by atoms with Crippen LogP contribution in [0.5, 0.6) is 11.5 Å². The number of carbonyl (C=O) groups excluding carboxylic acids is 2. The zero-order valence-electron chi connectivity index (χ0n) is 17.3. The van der Waals surface area contributed by atoms with Gasteiger partial charge in [0.05, 0.1) is 18.8 Å². The molecule has 0 spiro atoms. The Hall–Kier alpha value is -3.64. The van der Waals surface area contributed by atoms with Gasteiger partial charge in [-0.25, -0.2) is 9.59 Å². The van der Waals surface area contributed by atoms with Crippen molar-refractivity contribution in [3.8, 4) is 11.5 Å². The maximum Gasteiger partial charge on any atom is 0.347 e. The number of carbonyl (C=O) groups is 2. The summed E-state index contributed by atoms with van der Waals surface area (Å²) in [5.74, 6) is -0.225. The van der Waals surface area contributed by atoms with Crippen LogP contribution in [0.2, 0.25) is 0 Å². The number of ether oxygens (including phenoxy) is 4. The number of methoxy groups -OCH3 is 1. The van der Waals surface area contributed by atoms with Crippen molar-refractivity contribution in [2.45, 2.75) is 6.42 Å². The highest BCUT2D eigenvalue weighted by molar-refractivity contribution is 5.94. The van der Waals surface area contributed by atoms with Crippen molar-refractivity contribution < 1.29 is 28.5 Å². The Labute approximate surface area is 181 Å². The molecule has 6 heteroatoms. The van der Waals surface area contributed by atoms with E-state index in [-0.39, 0.29) is 6.61 Å². The first-order chi connectivity index (χ1) is 15.2. The molecule has 0 aliphatic heterocycles. The van der Waals surface area contributed by atoms with Gasteiger partial charge in [0.25, 0.3) is 0 Å². The summed E-state index contributed by atoms with van der Waals surface area (Å²) in [4.78, 5) is 24.6. The standard InChI is InChI=1S/C25H24O6/c1-28-17-18-30-24(26)20-11-13-21(14-12-20)31-25(27)22-9-5-6-10-23(22)29-16-15-19-7-3-2-4-8-19/h2-14H,15-18H2,1H3. The molecule has 0 saturated heterocycles. The average Bonchev–Trinajstić information content (AvgIpc) is 2.80. The minimum Gasteiger partial charge on any atom is -0.492 e. The lowest BCUT2D eigenvalue weighted by Crippen LogP contribution is -2.12. The number of hydrogen-bond donors (Lipinski definition) is 0. The molecule has 0 bridgehead atoms. The Balaban J connectivity index is 1.58. The van der Waals surface area contributed by atoms with Crippen LogP contribution < -0.4 is 9.47 Å². The molecule has 0 saturated carbocycles. The van der Waals surface area contributed by atoms with Gasteiger partial charge in [0.15, 0.2) is 0 Å². The van der Waals surface area contributed by atoms with Crippen LogP contribution in [-0.4, -0.2) is 38.9 Å². The first-order valence-corrected chi connectivity index (χ1v) is 9.91. The molecule has 0 heterocycles. The van der Waals surface area contributed by atoms with Gasteiger partial charge >= 0.3 is 11.9 Å². The fourth-order valence-corrected chi connectivity index (χ4v) is 2.81. The Morgan fingerprint density at radius 2 is 1.45 bits per heavy atom. The molecule has 160 valence electrons. The highest BCUT2D eigenvalue weighted by Crippen LogP contribution is 2.21. The van der Waals surface area contributed by atoms with Crippen molar-refractivity contribution in [2.24, 2.45) is 0 Å². The van der Waals surface area contributed by atoms with Gasteiger partial charge in [-0.1, -0.05) is 42.5 Å². The van der Waals surface area contributed by atoms with Gasteiger partial charge in [0.2, 0.25) is 0 Å². The van der Waals surface area contributed by atoms with Crippen LogP contribution in [-0.2, 0) is 15.9 Å². The second-order valence-electron chi connectivity index (χ2n) is 6.62. The Morgan fingerprint density at radius 1 is 0.742 bits per heavy atom. The Morgan fingerprint density at radius 3 is 2.19 bits per heavy atom. The van der Waals surface area contributed by atoms with Gasteiger partial charge in [-0.3, -0.25) is 0 Å². The first-order valence-electron chi connectivity index (χ1n) is 9.91. The molecule has 31 heavy (non-hydrogen) atoms. The number of esters is 2. The molecule has 0 amide bonds. The third-order valence-electron chi connectivity index (χ3n) is 4.42. The summed E-state index contributed by atoms with van der Waals surface area (Å²) >= 11 is 0. The van der Waals surface area contributed by atoms with Crippen molar-refractivity contribution in [2.75, 3.05) is 26.9 Å². The molecule has 3 rings (SSSR count). The second-order valence-corrected chi connectivity index (χ2v) is 6.62. The molecule has 6 nitrogen and oxygen atoms in total. The van der Waals surface area contributed by atoms with E-state index in [1.165, 1.54) is 7.11 Å². The highest BCUT2D eigenvalue weighted by Gasteiger charge is 2.15. The average molecular weight is 420 g/mol. The van der Waals surface area contributed by atoms with Gasteiger partial charge in [-0.05, 0) is 42.0 Å². The minimum absolute atomic E-state index is 0.174. The molecule has 3 aromatic rings. The molecule has 0 aromatic heterocycles. The number of para-hydroxylation sites is 1. The zero-order valence-corrected chi connectivity index (χ0v) is 17.3. The predicted molar refractivity (Wildman–Crippen MR) is 116 cm³/mol. The fourth-order valence-electron chi connectivity index (χ4n) is 2.81. The van der Waals surface area contributed by atoms with E-state index >= 15 is 0 Å². The molecule has 0 aliphatic carbocycles. The maximum absolute atomic E-state index is 12.7. The summed E-state index contributed by atoms with van der Waals surface area (Å²) in [5.41, 5.74) is 1.85. The summed E-state index contributed by atoms with van der Waals surface area (Å²) in [7, 11) is 1.53. The quantitative estimate of drug-likeness (QED) is 0.276. The third kappa shape index (κ3) is 6.69. The van der Waals surface area contributed by atoms with E-state index in [0.29, 0.717) is 35.8 Å². The molecule has 0 atom stereocenters. The van der Waals surface area contributed by atoms with Crippen molar-refractivity contribution in [3.63, 3.8) is 0 Å². The number of hydrogen-bond acceptors (Lipinski definition) is 6. The van der Waals surface area contributed by atoms with E-state index in [0.717, 1.165) is 12.0 Å². The van der Waals surface area contributed by atoms with E-state index in [1.54, 1.807) is 48.5 Å². The normalized spacial score (nSPS) is 10.4. The topological polar surface area (TPSA) is 71.1 Å². The van der Waals surface area contributed by atoms with Gasteiger partial charge < -0.3 is 18.9 Å². The summed E-state index contributed by atoms with van der Waals surface area (Å²) in [6.45, 7) is 0.940. The molecule has 3 aromatic carbocycles. The first kappa shape index (κ1) is 22.1. The smallest absolute Gasteiger partial charge is 0.347 e. The van der Waals surface area contributed by atoms with Crippen LogP contribution in [0.1, 0.15) is 26.3 Å². The zero-order chi connectivity index (χ0) is 21.9. The van der Waals surface area contributed by atoms with Crippen molar-refractivity contribution in [3.05, 3.63) is 95.6 Å². The minimum atomic E-state index is -0.536. The fraction of sp³-hybridized carbons (Fsp3) is 0.200. The van der Waals surface area contributed by atoms with Crippen molar-refractivity contribution >= 4 is 11.9 Å². The number of rotatable bonds is 10. The highest BCUT2D eigenvalue weighted by atomic mass is 16.6. The monoisotopic (exact) mass is 420 g/mol. The molecule has 0 aliphatic rings. The molecule has 0 unspecified atom stereocenters.